The first-order valence-electron chi connectivity index (χ1n) is 9.09. The van der Waals surface area contributed by atoms with Crippen LogP contribution in [-0.4, -0.2) is 40.0 Å². The second-order valence-corrected chi connectivity index (χ2v) is 6.74. The number of aryl methyl sites for hydroxylation is 1. The maximum absolute atomic E-state index is 13.1. The number of carbonyl (C=O) groups excluding carboxylic acids is 1. The summed E-state index contributed by atoms with van der Waals surface area (Å²) in [6, 6.07) is 2.09. The van der Waals surface area contributed by atoms with E-state index in [2.05, 4.69) is 14.7 Å². The maximum atomic E-state index is 13.1. The number of fused-ring (bicyclic) bond motifs is 1. The minimum Gasteiger partial charge on any atom is -0.468 e. The van der Waals surface area contributed by atoms with E-state index < -0.39 is 23.1 Å². The Morgan fingerprint density at radius 2 is 1.94 bits per heavy atom. The second kappa shape index (κ2) is 8.74. The molecule has 0 aliphatic heterocycles. The Hall–Kier alpha value is -3.44. The number of rotatable bonds is 7. The van der Waals surface area contributed by atoms with E-state index in [0.29, 0.717) is 11.1 Å². The number of pyridine rings is 2. The highest BCUT2D eigenvalue weighted by molar-refractivity contribution is 6.34. The molecule has 160 valence electrons. The van der Waals surface area contributed by atoms with Crippen molar-refractivity contribution in [3.05, 3.63) is 62.2 Å². The van der Waals surface area contributed by atoms with Gasteiger partial charge in [-0.25, -0.2) is 9.78 Å². The largest absolute Gasteiger partial charge is 0.468 e. The highest BCUT2D eigenvalue weighted by atomic mass is 19.4. The number of hydrogen-bond donors (Lipinski definition) is 0. The summed E-state index contributed by atoms with van der Waals surface area (Å²) in [5.41, 5.74) is -1.32. The SMILES string of the molecule is [B]c1cnc2c(c1Cc1ccc(C(F)(F)F)nc1)c(=O)n(CCCOC=O)c(=O)n2C. The van der Waals surface area contributed by atoms with E-state index in [9.17, 15) is 27.6 Å². The fourth-order valence-electron chi connectivity index (χ4n) is 3.17. The lowest BCUT2D eigenvalue weighted by molar-refractivity contribution is -0.141. The molecule has 0 atom stereocenters. The van der Waals surface area contributed by atoms with Crippen LogP contribution in [0.5, 0.6) is 0 Å². The van der Waals surface area contributed by atoms with Crippen molar-refractivity contribution in [2.24, 2.45) is 7.05 Å². The van der Waals surface area contributed by atoms with Crippen LogP contribution in [0, 0.1) is 0 Å². The monoisotopic (exact) mass is 432 g/mol. The third-order valence-electron chi connectivity index (χ3n) is 4.70. The molecule has 12 heteroatoms. The van der Waals surface area contributed by atoms with Crippen LogP contribution in [0.15, 0.2) is 34.1 Å². The first kappa shape index (κ1) is 22.3. The number of halogens is 3. The van der Waals surface area contributed by atoms with Gasteiger partial charge in [0.25, 0.3) is 12.0 Å². The van der Waals surface area contributed by atoms with E-state index in [1.165, 1.54) is 23.9 Å². The standard InChI is InChI=1S/C19H16BF3N4O4/c1-26-16-15(17(29)27(18(26)30)5-2-6-31-10-28)12(13(20)9-25-16)7-11-3-4-14(24-8-11)19(21,22)23/h3-4,8-10H,2,5-7H2,1H3. The molecule has 3 aromatic rings. The van der Waals surface area contributed by atoms with Crippen molar-refractivity contribution in [2.45, 2.75) is 25.6 Å². The molecule has 0 amide bonds. The summed E-state index contributed by atoms with van der Waals surface area (Å²) in [5, 5.41) is 0.0818. The quantitative estimate of drug-likeness (QED) is 0.306. The summed E-state index contributed by atoms with van der Waals surface area (Å²) in [6.07, 6.45) is -1.98. The average molecular weight is 432 g/mol. The summed E-state index contributed by atoms with van der Waals surface area (Å²) < 4.78 is 45.0. The first-order valence-corrected chi connectivity index (χ1v) is 9.09. The van der Waals surface area contributed by atoms with Crippen molar-refractivity contribution in [1.82, 2.24) is 19.1 Å². The molecule has 3 heterocycles. The van der Waals surface area contributed by atoms with Gasteiger partial charge in [-0.3, -0.25) is 23.7 Å². The molecule has 0 N–H and O–H groups in total. The predicted molar refractivity (Wildman–Crippen MR) is 105 cm³/mol. The molecule has 0 spiro atoms. The summed E-state index contributed by atoms with van der Waals surface area (Å²) in [7, 11) is 7.46. The molecule has 0 saturated heterocycles. The highest BCUT2D eigenvalue weighted by Gasteiger charge is 2.32. The van der Waals surface area contributed by atoms with Gasteiger partial charge in [0.05, 0.1) is 12.0 Å². The molecule has 0 aromatic carbocycles. The number of alkyl halides is 3. The Morgan fingerprint density at radius 3 is 2.55 bits per heavy atom. The van der Waals surface area contributed by atoms with Crippen LogP contribution >= 0.6 is 0 Å². The average Bonchev–Trinajstić information content (AvgIpc) is 2.72. The molecule has 0 aliphatic rings. The molecular formula is C19H16BF3N4O4. The van der Waals surface area contributed by atoms with Gasteiger partial charge >= 0.3 is 11.9 Å². The van der Waals surface area contributed by atoms with E-state index in [1.54, 1.807) is 0 Å². The van der Waals surface area contributed by atoms with Crippen LogP contribution in [0.25, 0.3) is 11.0 Å². The summed E-state index contributed by atoms with van der Waals surface area (Å²) in [5.74, 6) is 0. The van der Waals surface area contributed by atoms with Crippen LogP contribution in [0.3, 0.4) is 0 Å². The lowest BCUT2D eigenvalue weighted by Gasteiger charge is -2.15. The van der Waals surface area contributed by atoms with Crippen molar-refractivity contribution < 1.29 is 22.7 Å². The van der Waals surface area contributed by atoms with Crippen molar-refractivity contribution in [3.8, 4) is 0 Å². The molecule has 0 bridgehead atoms. The van der Waals surface area contributed by atoms with E-state index in [0.717, 1.165) is 16.8 Å². The van der Waals surface area contributed by atoms with E-state index in [-0.39, 0.29) is 49.0 Å². The minimum atomic E-state index is -4.57. The molecule has 0 aliphatic carbocycles. The molecule has 0 unspecified atom stereocenters. The van der Waals surface area contributed by atoms with Crippen LogP contribution in [0.1, 0.15) is 23.2 Å². The lowest BCUT2D eigenvalue weighted by Crippen LogP contribution is -2.40. The number of ether oxygens (including phenoxy) is 1. The summed E-state index contributed by atoms with van der Waals surface area (Å²) in [4.78, 5) is 43.5. The maximum Gasteiger partial charge on any atom is 0.433 e. The van der Waals surface area contributed by atoms with Crippen LogP contribution in [0.4, 0.5) is 13.2 Å². The van der Waals surface area contributed by atoms with Crippen molar-refractivity contribution in [2.75, 3.05) is 6.61 Å². The van der Waals surface area contributed by atoms with Gasteiger partial charge in [0.2, 0.25) is 0 Å². The zero-order valence-corrected chi connectivity index (χ0v) is 16.3. The zero-order chi connectivity index (χ0) is 22.8. The second-order valence-electron chi connectivity index (χ2n) is 6.74. The van der Waals surface area contributed by atoms with E-state index in [4.69, 9.17) is 7.85 Å². The lowest BCUT2D eigenvalue weighted by atomic mass is 9.87. The van der Waals surface area contributed by atoms with Gasteiger partial charge in [-0.15, -0.1) is 0 Å². The number of carbonyl (C=O) groups is 1. The molecule has 3 aromatic heterocycles. The van der Waals surface area contributed by atoms with Crippen LogP contribution < -0.4 is 16.7 Å². The molecule has 31 heavy (non-hydrogen) atoms. The number of hydrogen-bond acceptors (Lipinski definition) is 6. The third kappa shape index (κ3) is 4.52. The topological polar surface area (TPSA) is 96.1 Å². The Morgan fingerprint density at radius 1 is 1.19 bits per heavy atom. The molecule has 0 saturated carbocycles. The third-order valence-corrected chi connectivity index (χ3v) is 4.70. The highest BCUT2D eigenvalue weighted by Crippen LogP contribution is 2.27. The fraction of sp³-hybridized carbons (Fsp3) is 0.316. The van der Waals surface area contributed by atoms with Gasteiger partial charge in [0.15, 0.2) is 0 Å². The van der Waals surface area contributed by atoms with Crippen molar-refractivity contribution in [1.29, 1.82) is 0 Å². The Bertz CT molecular complexity index is 1240. The number of nitrogens with zero attached hydrogens (tertiary/aromatic N) is 4. The van der Waals surface area contributed by atoms with Gasteiger partial charge < -0.3 is 4.74 Å². The molecule has 0 fully saturated rings. The normalized spacial score (nSPS) is 11.6. The molecule has 8 nitrogen and oxygen atoms in total. The summed E-state index contributed by atoms with van der Waals surface area (Å²) in [6.45, 7) is 0.282. The smallest absolute Gasteiger partial charge is 0.433 e. The van der Waals surface area contributed by atoms with Crippen molar-refractivity contribution >= 4 is 30.8 Å². The van der Waals surface area contributed by atoms with Crippen molar-refractivity contribution in [3.63, 3.8) is 0 Å². The molecular weight excluding hydrogens is 416 g/mol. The Balaban J connectivity index is 2.10. The fourth-order valence-corrected chi connectivity index (χ4v) is 3.17. The Kier molecular flexibility index (Phi) is 6.28. The van der Waals surface area contributed by atoms with Gasteiger partial charge in [0.1, 0.15) is 19.2 Å². The van der Waals surface area contributed by atoms with Crippen LogP contribution in [-0.2, 0) is 35.7 Å². The molecule has 3 rings (SSSR count). The predicted octanol–water partition coefficient (Wildman–Crippen LogP) is 0.457. The number of aromatic nitrogens is 4. The zero-order valence-electron chi connectivity index (χ0n) is 16.3. The van der Waals surface area contributed by atoms with E-state index >= 15 is 0 Å². The van der Waals surface area contributed by atoms with E-state index in [1.807, 2.05) is 0 Å². The molecule has 2 radical (unpaired) electrons. The Labute approximate surface area is 174 Å². The van der Waals surface area contributed by atoms with Gasteiger partial charge in [-0.2, -0.15) is 13.2 Å². The van der Waals surface area contributed by atoms with Gasteiger partial charge in [-0.05, 0) is 30.0 Å². The van der Waals surface area contributed by atoms with Gasteiger partial charge in [-0.1, -0.05) is 11.5 Å². The van der Waals surface area contributed by atoms with Crippen LogP contribution in [0.2, 0.25) is 0 Å². The minimum absolute atomic E-state index is 0.00857. The summed E-state index contributed by atoms with van der Waals surface area (Å²) >= 11 is 0. The van der Waals surface area contributed by atoms with Gasteiger partial charge in [0, 0.05) is 26.0 Å². The first-order chi connectivity index (χ1) is 14.6.